The van der Waals surface area contributed by atoms with Crippen LogP contribution in [0.3, 0.4) is 0 Å². The molecule has 1 saturated heterocycles. The largest absolute Gasteiger partial charge is 0.470 e. The summed E-state index contributed by atoms with van der Waals surface area (Å²) in [6, 6.07) is 10.7. The number of nitrogens with zero attached hydrogens (tertiary/aromatic N) is 3. The van der Waals surface area contributed by atoms with E-state index in [0.29, 0.717) is 47.7 Å². The molecule has 0 spiro atoms. The fourth-order valence-corrected chi connectivity index (χ4v) is 8.24. The smallest absolute Gasteiger partial charge is 0.416 e. The number of amides is 3. The maximum absolute atomic E-state index is 13.3. The molecule has 7 rings (SSSR count). The molecule has 16 heteroatoms. The minimum absolute atomic E-state index is 0.0321. The van der Waals surface area contributed by atoms with E-state index in [4.69, 9.17) is 14.9 Å². The van der Waals surface area contributed by atoms with Crippen LogP contribution in [0.1, 0.15) is 69.8 Å². The van der Waals surface area contributed by atoms with Crippen LogP contribution < -0.4 is 15.2 Å². The van der Waals surface area contributed by atoms with E-state index in [1.165, 1.54) is 17.0 Å². The third-order valence-corrected chi connectivity index (χ3v) is 12.0. The van der Waals surface area contributed by atoms with Crippen molar-refractivity contribution >= 4 is 49.8 Å². The first kappa shape index (κ1) is 37.3. The number of aromatic nitrogens is 2. The number of ether oxygens (including phenoxy) is 1. The second-order valence-electron chi connectivity index (χ2n) is 14.2. The van der Waals surface area contributed by atoms with Crippen molar-refractivity contribution in [2.75, 3.05) is 6.54 Å². The highest BCUT2D eigenvalue weighted by atomic mass is 32.2. The number of primary amides is 1. The number of rotatable bonds is 15. The number of alkyl halides is 3. The molecular formula is C38H40F3N5O7S. The van der Waals surface area contributed by atoms with E-state index >= 15 is 0 Å². The Morgan fingerprint density at radius 2 is 1.74 bits per heavy atom. The van der Waals surface area contributed by atoms with Gasteiger partial charge in [-0.15, -0.1) is 0 Å². The zero-order valence-corrected chi connectivity index (χ0v) is 30.1. The Hall–Kier alpha value is -4.99. The van der Waals surface area contributed by atoms with Crippen LogP contribution in [-0.4, -0.2) is 64.9 Å². The maximum Gasteiger partial charge on any atom is 0.416 e. The van der Waals surface area contributed by atoms with Crippen molar-refractivity contribution in [3.63, 3.8) is 0 Å². The summed E-state index contributed by atoms with van der Waals surface area (Å²) in [5, 5.41) is 0.227. The van der Waals surface area contributed by atoms with Crippen LogP contribution in [0, 0.1) is 11.8 Å². The lowest BCUT2D eigenvalue weighted by Gasteiger charge is -2.21. The Balaban J connectivity index is 0.926. The van der Waals surface area contributed by atoms with Gasteiger partial charge < -0.3 is 19.8 Å². The second kappa shape index (κ2) is 15.0. The number of fused-ring (bicyclic) bond motifs is 3. The first-order valence-corrected chi connectivity index (χ1v) is 19.7. The van der Waals surface area contributed by atoms with Crippen LogP contribution in [0.15, 0.2) is 65.1 Å². The molecule has 3 fully saturated rings. The van der Waals surface area contributed by atoms with Crippen LogP contribution in [0.25, 0.3) is 33.5 Å². The van der Waals surface area contributed by atoms with E-state index in [2.05, 4.69) is 14.7 Å². The molecule has 2 aromatic carbocycles. The Kier molecular flexibility index (Phi) is 10.4. The first-order chi connectivity index (χ1) is 25.8. The van der Waals surface area contributed by atoms with Gasteiger partial charge in [-0.3, -0.25) is 19.1 Å². The molecule has 12 nitrogen and oxygen atoms in total. The maximum atomic E-state index is 13.3. The third-order valence-electron chi connectivity index (χ3n) is 10.1. The second-order valence-corrected chi connectivity index (χ2v) is 16.2. The molecule has 2 aliphatic carbocycles. The van der Waals surface area contributed by atoms with Gasteiger partial charge in [-0.1, -0.05) is 49.3 Å². The van der Waals surface area contributed by atoms with E-state index in [0.717, 1.165) is 37.8 Å². The van der Waals surface area contributed by atoms with Crippen LogP contribution in [0.2, 0.25) is 0 Å². The molecule has 4 atom stereocenters. The minimum atomic E-state index is -4.51. The molecule has 2 saturated carbocycles. The monoisotopic (exact) mass is 767 g/mol. The third kappa shape index (κ3) is 8.37. The summed E-state index contributed by atoms with van der Waals surface area (Å²) < 4.78 is 78.2. The van der Waals surface area contributed by atoms with Gasteiger partial charge in [0, 0.05) is 29.7 Å². The number of nitrogens with one attached hydrogen (secondary N) is 1. The summed E-state index contributed by atoms with van der Waals surface area (Å²) in [6.07, 6.45) is 4.96. The van der Waals surface area contributed by atoms with Crippen molar-refractivity contribution < 1.29 is 45.1 Å². The van der Waals surface area contributed by atoms with Gasteiger partial charge in [-0.25, -0.2) is 13.4 Å². The molecule has 0 unspecified atom stereocenters. The Morgan fingerprint density at radius 3 is 2.46 bits per heavy atom. The number of unbranched alkanes of at least 4 members (excludes halogenated alkanes) is 4. The number of likely N-dealkylation sites (tertiary alicyclic amines) is 1. The van der Waals surface area contributed by atoms with Crippen molar-refractivity contribution in [1.29, 1.82) is 0 Å². The standard InChI is InChI=1S/C38H40F3N5O7S/c39-38(40,41)24-15-13-22(14-16-24)35-43-32-27-10-7-8-11-30(27)53-33(32)37(44-35)52-25-20-29(34(42)48)46(21-25)31(47)12-6-4-2-1-3-5-9-23-19-28(23)36(49)45-54(50,51)26-17-18-26/h5,7-11,13-16,23,25-26,28-29H,1-4,6,12,17-21H2,(H2,42,48)(H,45,49)/b9-5-/t23-,25-,28+,29+/m1/s1. The molecule has 3 heterocycles. The van der Waals surface area contributed by atoms with Crippen molar-refractivity contribution in [3.05, 3.63) is 66.2 Å². The average molecular weight is 768 g/mol. The highest BCUT2D eigenvalue weighted by molar-refractivity contribution is 7.90. The normalized spacial score (nSPS) is 21.6. The molecule has 3 amide bonds. The Morgan fingerprint density at radius 1 is 1.00 bits per heavy atom. The van der Waals surface area contributed by atoms with Gasteiger partial charge in [-0.2, -0.15) is 18.2 Å². The lowest BCUT2D eigenvalue weighted by Crippen LogP contribution is -2.43. The summed E-state index contributed by atoms with van der Waals surface area (Å²) in [7, 11) is -3.53. The van der Waals surface area contributed by atoms with Crippen LogP contribution >= 0.6 is 0 Å². The summed E-state index contributed by atoms with van der Waals surface area (Å²) in [6.45, 7) is 0.0747. The fourth-order valence-electron chi connectivity index (χ4n) is 6.88. The molecular weight excluding hydrogens is 728 g/mol. The number of nitrogens with two attached hydrogens (primary N) is 1. The Bertz CT molecular complexity index is 2200. The van der Waals surface area contributed by atoms with E-state index in [9.17, 15) is 36.0 Å². The van der Waals surface area contributed by atoms with Crippen molar-refractivity contribution in [1.82, 2.24) is 19.6 Å². The molecule has 4 aromatic rings. The Labute approximate surface area is 309 Å². The fraction of sp³-hybridized carbons (Fsp3) is 0.447. The summed E-state index contributed by atoms with van der Waals surface area (Å²) in [5.41, 5.74) is 6.36. The number of para-hydroxylation sites is 1. The number of hydrogen-bond donors (Lipinski definition) is 2. The molecule has 0 bridgehead atoms. The lowest BCUT2D eigenvalue weighted by molar-refractivity contribution is -0.137. The van der Waals surface area contributed by atoms with Gasteiger partial charge in [0.05, 0.1) is 17.4 Å². The summed E-state index contributed by atoms with van der Waals surface area (Å²) >= 11 is 0. The number of hydrogen-bond acceptors (Lipinski definition) is 9. The van der Waals surface area contributed by atoms with Crippen molar-refractivity contribution in [3.8, 4) is 17.3 Å². The zero-order chi connectivity index (χ0) is 38.2. The number of benzene rings is 2. The minimum Gasteiger partial charge on any atom is -0.470 e. The van der Waals surface area contributed by atoms with Crippen LogP contribution in [-0.2, 0) is 30.6 Å². The highest BCUT2D eigenvalue weighted by Crippen LogP contribution is 2.41. The van der Waals surface area contributed by atoms with Gasteiger partial charge in [-0.05, 0) is 68.7 Å². The van der Waals surface area contributed by atoms with Gasteiger partial charge >= 0.3 is 6.18 Å². The molecule has 2 aromatic heterocycles. The van der Waals surface area contributed by atoms with Crippen LogP contribution in [0.5, 0.6) is 5.88 Å². The number of carbonyl (C=O) groups excluding carboxylic acids is 3. The molecule has 54 heavy (non-hydrogen) atoms. The SMILES string of the molecule is NC(=O)[C@@H]1C[C@@H](Oc2nc(-c3ccc(C(F)(F)F)cc3)nc3c2oc2ccccc23)CN1C(=O)CCCCCC/C=C\[C@@H]1C[C@@H]1C(=O)NS(=O)(=O)C1CC1. The number of furan rings is 1. The number of sulfonamides is 1. The lowest BCUT2D eigenvalue weighted by atomic mass is 10.1. The highest BCUT2D eigenvalue weighted by Gasteiger charge is 2.45. The topological polar surface area (TPSA) is 175 Å². The van der Waals surface area contributed by atoms with E-state index in [1.54, 1.807) is 24.3 Å². The van der Waals surface area contributed by atoms with Crippen molar-refractivity contribution in [2.24, 2.45) is 17.6 Å². The van der Waals surface area contributed by atoms with Gasteiger partial charge in [0.15, 0.2) is 5.82 Å². The molecule has 286 valence electrons. The van der Waals surface area contributed by atoms with Gasteiger partial charge in [0.25, 0.3) is 5.88 Å². The van der Waals surface area contributed by atoms with E-state index < -0.39 is 51.0 Å². The first-order valence-electron chi connectivity index (χ1n) is 18.1. The summed E-state index contributed by atoms with van der Waals surface area (Å²) in [4.78, 5) is 48.6. The molecule has 3 aliphatic rings. The number of carbonyl (C=O) groups is 3. The predicted octanol–water partition coefficient (Wildman–Crippen LogP) is 6.04. The van der Waals surface area contributed by atoms with Crippen LogP contribution in [0.4, 0.5) is 13.2 Å². The van der Waals surface area contributed by atoms with Gasteiger partial charge in [0.1, 0.15) is 23.2 Å². The van der Waals surface area contributed by atoms with E-state index in [-0.39, 0.29) is 54.4 Å². The average Bonchev–Trinajstić information content (AvgIpc) is 4.06. The number of allylic oxidation sites excluding steroid dienone is 2. The summed E-state index contributed by atoms with van der Waals surface area (Å²) in [5.74, 6) is -1.39. The number of halogens is 3. The van der Waals surface area contributed by atoms with E-state index in [1.807, 2.05) is 12.2 Å². The zero-order valence-electron chi connectivity index (χ0n) is 29.3. The van der Waals surface area contributed by atoms with Crippen molar-refractivity contribution in [2.45, 2.75) is 87.8 Å². The quantitative estimate of drug-likeness (QED) is 0.108. The molecule has 3 N–H and O–H groups in total. The predicted molar refractivity (Wildman–Crippen MR) is 192 cm³/mol. The van der Waals surface area contributed by atoms with Gasteiger partial charge in [0.2, 0.25) is 33.3 Å². The molecule has 1 aliphatic heterocycles. The molecule has 0 radical (unpaired) electrons.